The van der Waals surface area contributed by atoms with Crippen LogP contribution < -0.4 is 0 Å². The van der Waals surface area contributed by atoms with Gasteiger partial charge in [0.25, 0.3) is 5.69 Å². The van der Waals surface area contributed by atoms with E-state index in [2.05, 4.69) is 19.9 Å². The third-order valence-corrected chi connectivity index (χ3v) is 3.82. The maximum absolute atomic E-state index is 11.5. The zero-order valence-electron chi connectivity index (χ0n) is 14.2. The van der Waals surface area contributed by atoms with Crippen LogP contribution in [-0.4, -0.2) is 33.1 Å². The highest BCUT2D eigenvalue weighted by molar-refractivity contribution is 5.87. The van der Waals surface area contributed by atoms with E-state index < -0.39 is 10.9 Å². The van der Waals surface area contributed by atoms with Crippen LogP contribution in [0.3, 0.4) is 0 Å². The summed E-state index contributed by atoms with van der Waals surface area (Å²) in [5.41, 5.74) is 2.31. The molecule has 3 aromatic heterocycles. The summed E-state index contributed by atoms with van der Waals surface area (Å²) in [5, 5.41) is 15.4. The first kappa shape index (κ1) is 17.2. The number of aromatic nitrogens is 3. The SMILES string of the molecule is COC(=O)c1ccc(-c2ncc(-c3c(C)noc3C)cc2[N+](=O)[O-])cn1. The molecule has 0 aliphatic carbocycles. The zero-order chi connectivity index (χ0) is 18.8. The quantitative estimate of drug-likeness (QED) is 0.398. The molecule has 0 aliphatic rings. The molecule has 3 heterocycles. The predicted octanol–water partition coefficient (Wildman–Crippen LogP) is 3.11. The van der Waals surface area contributed by atoms with E-state index in [1.165, 1.54) is 37.7 Å². The van der Waals surface area contributed by atoms with E-state index in [4.69, 9.17) is 4.52 Å². The average molecular weight is 354 g/mol. The first-order valence-corrected chi connectivity index (χ1v) is 7.54. The van der Waals surface area contributed by atoms with Crippen LogP contribution in [0.25, 0.3) is 22.4 Å². The molecule has 0 radical (unpaired) electrons. The van der Waals surface area contributed by atoms with E-state index in [9.17, 15) is 14.9 Å². The lowest BCUT2D eigenvalue weighted by atomic mass is 10.0. The molecule has 0 aliphatic heterocycles. The van der Waals surface area contributed by atoms with Gasteiger partial charge in [-0.3, -0.25) is 10.1 Å². The molecule has 9 nitrogen and oxygen atoms in total. The fourth-order valence-corrected chi connectivity index (χ4v) is 2.61. The molecule has 0 unspecified atom stereocenters. The Balaban J connectivity index is 2.08. The fourth-order valence-electron chi connectivity index (χ4n) is 2.61. The van der Waals surface area contributed by atoms with E-state index >= 15 is 0 Å². The first-order chi connectivity index (χ1) is 12.4. The Kier molecular flexibility index (Phi) is 4.44. The molecule has 0 spiro atoms. The van der Waals surface area contributed by atoms with Gasteiger partial charge in [0.15, 0.2) is 0 Å². The van der Waals surface area contributed by atoms with Crippen LogP contribution >= 0.6 is 0 Å². The first-order valence-electron chi connectivity index (χ1n) is 7.54. The third kappa shape index (κ3) is 3.02. The van der Waals surface area contributed by atoms with Crippen molar-refractivity contribution in [3.63, 3.8) is 0 Å². The minimum absolute atomic E-state index is 0.103. The summed E-state index contributed by atoms with van der Waals surface area (Å²) in [6, 6.07) is 4.38. The molecule has 0 aromatic carbocycles. The highest BCUT2D eigenvalue weighted by Gasteiger charge is 2.22. The van der Waals surface area contributed by atoms with Crippen LogP contribution in [0.5, 0.6) is 0 Å². The fraction of sp³-hybridized carbons (Fsp3) is 0.176. The van der Waals surface area contributed by atoms with Crippen molar-refractivity contribution in [1.82, 2.24) is 15.1 Å². The lowest BCUT2D eigenvalue weighted by molar-refractivity contribution is -0.384. The highest BCUT2D eigenvalue weighted by Crippen LogP contribution is 2.34. The number of esters is 1. The number of carbonyl (C=O) groups excluding carboxylic acids is 1. The molecule has 9 heteroatoms. The number of nitro groups is 1. The van der Waals surface area contributed by atoms with E-state index in [0.717, 1.165) is 0 Å². The van der Waals surface area contributed by atoms with Crippen LogP contribution in [0.4, 0.5) is 5.69 Å². The van der Waals surface area contributed by atoms with Gasteiger partial charge < -0.3 is 9.26 Å². The van der Waals surface area contributed by atoms with Gasteiger partial charge in [0.05, 0.1) is 17.7 Å². The van der Waals surface area contributed by atoms with Crippen molar-refractivity contribution < 1.29 is 19.0 Å². The second kappa shape index (κ2) is 6.71. The Morgan fingerprint density at radius 2 is 1.92 bits per heavy atom. The number of pyridine rings is 2. The van der Waals surface area contributed by atoms with Gasteiger partial charge >= 0.3 is 5.97 Å². The third-order valence-electron chi connectivity index (χ3n) is 3.82. The van der Waals surface area contributed by atoms with Gasteiger partial charge in [-0.25, -0.2) is 14.8 Å². The normalized spacial score (nSPS) is 10.6. The van der Waals surface area contributed by atoms with Crippen LogP contribution in [0, 0.1) is 24.0 Å². The van der Waals surface area contributed by atoms with Crippen LogP contribution in [0.15, 0.2) is 35.1 Å². The van der Waals surface area contributed by atoms with Crippen molar-refractivity contribution >= 4 is 11.7 Å². The van der Waals surface area contributed by atoms with Gasteiger partial charge in [-0.2, -0.15) is 0 Å². The largest absolute Gasteiger partial charge is 0.464 e. The number of nitrogens with zero attached hydrogens (tertiary/aromatic N) is 4. The van der Waals surface area contributed by atoms with Crippen molar-refractivity contribution in [1.29, 1.82) is 0 Å². The second-order valence-corrected chi connectivity index (χ2v) is 5.47. The molecule has 0 atom stereocenters. The summed E-state index contributed by atoms with van der Waals surface area (Å²) < 4.78 is 9.69. The van der Waals surface area contributed by atoms with Crippen LogP contribution in [-0.2, 0) is 4.74 Å². The van der Waals surface area contributed by atoms with Gasteiger partial charge in [-0.1, -0.05) is 5.16 Å². The average Bonchev–Trinajstić information content (AvgIpc) is 2.99. The van der Waals surface area contributed by atoms with Crippen LogP contribution in [0.1, 0.15) is 21.9 Å². The summed E-state index contributed by atoms with van der Waals surface area (Å²) in [6.45, 7) is 3.48. The summed E-state index contributed by atoms with van der Waals surface area (Å²) in [4.78, 5) is 30.7. The molecule has 3 rings (SSSR count). The Hall–Kier alpha value is -3.62. The number of methoxy groups -OCH3 is 1. The summed E-state index contributed by atoms with van der Waals surface area (Å²) in [7, 11) is 1.25. The van der Waals surface area contributed by atoms with Crippen molar-refractivity contribution in [3.05, 3.63) is 57.9 Å². The van der Waals surface area contributed by atoms with Gasteiger partial charge in [0.2, 0.25) is 0 Å². The minimum Gasteiger partial charge on any atom is -0.464 e. The lowest BCUT2D eigenvalue weighted by Crippen LogP contribution is -2.04. The van der Waals surface area contributed by atoms with Gasteiger partial charge in [-0.15, -0.1) is 0 Å². The maximum Gasteiger partial charge on any atom is 0.356 e. The molecule has 132 valence electrons. The van der Waals surface area contributed by atoms with Gasteiger partial charge in [-0.05, 0) is 26.0 Å². The molecule has 0 bridgehead atoms. The van der Waals surface area contributed by atoms with Crippen molar-refractivity contribution in [2.24, 2.45) is 0 Å². The van der Waals surface area contributed by atoms with E-state index in [0.29, 0.717) is 28.1 Å². The molecule has 0 amide bonds. The van der Waals surface area contributed by atoms with Crippen molar-refractivity contribution in [2.45, 2.75) is 13.8 Å². The maximum atomic E-state index is 11.5. The number of carbonyl (C=O) groups is 1. The smallest absolute Gasteiger partial charge is 0.356 e. The summed E-state index contributed by atoms with van der Waals surface area (Å²) in [6.07, 6.45) is 2.86. The Morgan fingerprint density at radius 1 is 1.19 bits per heavy atom. The van der Waals surface area contributed by atoms with E-state index in [1.54, 1.807) is 13.8 Å². The van der Waals surface area contributed by atoms with Crippen molar-refractivity contribution in [3.8, 4) is 22.4 Å². The van der Waals surface area contributed by atoms with Crippen molar-refractivity contribution in [2.75, 3.05) is 7.11 Å². The molecule has 0 N–H and O–H groups in total. The predicted molar refractivity (Wildman–Crippen MR) is 90.4 cm³/mol. The Bertz CT molecular complexity index is 975. The monoisotopic (exact) mass is 354 g/mol. The molecular formula is C17H14N4O5. The zero-order valence-corrected chi connectivity index (χ0v) is 14.2. The van der Waals surface area contributed by atoms with E-state index in [-0.39, 0.29) is 17.1 Å². The number of hydrogen-bond donors (Lipinski definition) is 0. The number of rotatable bonds is 4. The highest BCUT2D eigenvalue weighted by atomic mass is 16.6. The molecule has 0 saturated carbocycles. The van der Waals surface area contributed by atoms with E-state index in [1.807, 2.05) is 0 Å². The van der Waals surface area contributed by atoms with Crippen LogP contribution in [0.2, 0.25) is 0 Å². The Labute approximate surface area is 147 Å². The molecule has 3 aromatic rings. The topological polar surface area (TPSA) is 121 Å². The molecule has 0 fully saturated rings. The number of aryl methyl sites for hydroxylation is 2. The second-order valence-electron chi connectivity index (χ2n) is 5.47. The Morgan fingerprint density at radius 3 is 2.46 bits per heavy atom. The standard InChI is InChI=1S/C17H14N4O5/c1-9-15(10(2)26-20-9)12-6-14(21(23)24)16(19-8-12)11-4-5-13(18-7-11)17(22)25-3/h4-8H,1-3H3. The van der Waals surface area contributed by atoms with Gasteiger partial charge in [0, 0.05) is 35.2 Å². The molecular weight excluding hydrogens is 340 g/mol. The number of ether oxygens (including phenoxy) is 1. The summed E-state index contributed by atoms with van der Waals surface area (Å²) in [5.74, 6) is -0.0387. The number of hydrogen-bond acceptors (Lipinski definition) is 8. The summed E-state index contributed by atoms with van der Waals surface area (Å²) >= 11 is 0. The minimum atomic E-state index is -0.590. The molecule has 26 heavy (non-hydrogen) atoms. The lowest BCUT2D eigenvalue weighted by Gasteiger charge is -2.06. The van der Waals surface area contributed by atoms with Gasteiger partial charge in [0.1, 0.15) is 17.1 Å². The molecule has 0 saturated heterocycles.